The first kappa shape index (κ1) is 13.5. The summed E-state index contributed by atoms with van der Waals surface area (Å²) in [5.41, 5.74) is 0. The molecule has 0 aromatic heterocycles. The number of esters is 1. The molecule has 1 aliphatic carbocycles. The Morgan fingerprint density at radius 3 is 2.31 bits per heavy atom. The van der Waals surface area contributed by atoms with Crippen LogP contribution >= 0.6 is 0 Å². The van der Waals surface area contributed by atoms with Crippen molar-refractivity contribution in [3.63, 3.8) is 0 Å². The highest BCUT2D eigenvalue weighted by molar-refractivity contribution is 5.72. The van der Waals surface area contributed by atoms with Crippen LogP contribution in [0.25, 0.3) is 0 Å². The van der Waals surface area contributed by atoms with Gasteiger partial charge < -0.3 is 4.74 Å². The van der Waals surface area contributed by atoms with Crippen LogP contribution in [0.15, 0.2) is 0 Å². The topological polar surface area (TPSA) is 29.5 Å². The van der Waals surface area contributed by atoms with Gasteiger partial charge in [-0.1, -0.05) is 26.2 Å². The minimum Gasteiger partial charge on any atom is -0.469 e. The summed E-state index contributed by atoms with van der Waals surface area (Å²) in [5.74, 6) is -0.146. The molecule has 3 nitrogen and oxygen atoms in total. The Labute approximate surface area is 99.1 Å². The van der Waals surface area contributed by atoms with Crippen LogP contribution in [-0.2, 0) is 9.53 Å². The van der Waals surface area contributed by atoms with E-state index in [0.717, 1.165) is 0 Å². The number of ether oxygens (including phenoxy) is 1. The van der Waals surface area contributed by atoms with Gasteiger partial charge in [0.2, 0.25) is 0 Å². The Hall–Kier alpha value is -0.570. The van der Waals surface area contributed by atoms with Crippen LogP contribution in [0.2, 0.25) is 0 Å². The van der Waals surface area contributed by atoms with E-state index < -0.39 is 0 Å². The maximum absolute atomic E-state index is 11.5. The van der Waals surface area contributed by atoms with Crippen molar-refractivity contribution in [2.24, 2.45) is 5.92 Å². The second-order valence-corrected chi connectivity index (χ2v) is 5.01. The molecule has 0 aliphatic heterocycles. The SMILES string of the molecule is COC(=O)C(C)C(C)N(C)C1CCCCC1. The van der Waals surface area contributed by atoms with Crippen LogP contribution in [0.1, 0.15) is 46.0 Å². The molecule has 1 aliphatic rings. The van der Waals surface area contributed by atoms with Gasteiger partial charge in [0.05, 0.1) is 13.0 Å². The summed E-state index contributed by atoms with van der Waals surface area (Å²) in [4.78, 5) is 13.9. The average Bonchev–Trinajstić information content (AvgIpc) is 2.36. The fraction of sp³-hybridized carbons (Fsp3) is 0.923. The molecule has 0 aromatic rings. The number of nitrogens with zero attached hydrogens (tertiary/aromatic N) is 1. The highest BCUT2D eigenvalue weighted by Crippen LogP contribution is 2.25. The number of rotatable bonds is 4. The zero-order valence-electron chi connectivity index (χ0n) is 11.0. The normalized spacial score (nSPS) is 21.8. The van der Waals surface area contributed by atoms with Gasteiger partial charge in [-0.25, -0.2) is 0 Å². The first-order valence-corrected chi connectivity index (χ1v) is 6.37. The van der Waals surface area contributed by atoms with Gasteiger partial charge in [-0.05, 0) is 26.8 Å². The van der Waals surface area contributed by atoms with Gasteiger partial charge in [0, 0.05) is 12.1 Å². The molecule has 2 unspecified atom stereocenters. The number of methoxy groups -OCH3 is 1. The summed E-state index contributed by atoms with van der Waals surface area (Å²) in [7, 11) is 3.60. The monoisotopic (exact) mass is 227 g/mol. The molecular weight excluding hydrogens is 202 g/mol. The number of hydrogen-bond acceptors (Lipinski definition) is 3. The van der Waals surface area contributed by atoms with Crippen molar-refractivity contribution in [3.8, 4) is 0 Å². The lowest BCUT2D eigenvalue weighted by atomic mass is 9.92. The van der Waals surface area contributed by atoms with Gasteiger partial charge in [0.15, 0.2) is 0 Å². The van der Waals surface area contributed by atoms with Crippen molar-refractivity contribution in [2.45, 2.75) is 58.0 Å². The smallest absolute Gasteiger partial charge is 0.309 e. The average molecular weight is 227 g/mol. The van der Waals surface area contributed by atoms with E-state index in [0.29, 0.717) is 6.04 Å². The molecular formula is C13H25NO2. The molecule has 0 radical (unpaired) electrons. The van der Waals surface area contributed by atoms with Gasteiger partial charge >= 0.3 is 5.97 Å². The molecule has 0 aromatic carbocycles. The second kappa shape index (κ2) is 6.24. The third-order valence-corrected chi connectivity index (χ3v) is 4.09. The Morgan fingerprint density at radius 1 is 1.25 bits per heavy atom. The Kier molecular flexibility index (Phi) is 5.26. The zero-order chi connectivity index (χ0) is 12.1. The predicted octanol–water partition coefficient (Wildman–Crippen LogP) is 2.45. The van der Waals surface area contributed by atoms with E-state index in [9.17, 15) is 4.79 Å². The van der Waals surface area contributed by atoms with E-state index in [4.69, 9.17) is 4.74 Å². The first-order chi connectivity index (χ1) is 7.57. The van der Waals surface area contributed by atoms with E-state index in [1.165, 1.54) is 39.2 Å². The molecule has 16 heavy (non-hydrogen) atoms. The second-order valence-electron chi connectivity index (χ2n) is 5.01. The molecule has 0 amide bonds. The van der Waals surface area contributed by atoms with Gasteiger partial charge in [-0.2, -0.15) is 0 Å². The number of carbonyl (C=O) groups is 1. The predicted molar refractivity (Wildman–Crippen MR) is 65.3 cm³/mol. The number of hydrogen-bond donors (Lipinski definition) is 0. The first-order valence-electron chi connectivity index (χ1n) is 6.37. The van der Waals surface area contributed by atoms with Crippen LogP contribution in [0.3, 0.4) is 0 Å². The van der Waals surface area contributed by atoms with E-state index in [2.05, 4.69) is 18.9 Å². The van der Waals surface area contributed by atoms with Gasteiger partial charge in [0.25, 0.3) is 0 Å². The van der Waals surface area contributed by atoms with Crippen molar-refractivity contribution in [3.05, 3.63) is 0 Å². The van der Waals surface area contributed by atoms with E-state index in [-0.39, 0.29) is 17.9 Å². The van der Waals surface area contributed by atoms with Crippen LogP contribution in [0.4, 0.5) is 0 Å². The molecule has 2 atom stereocenters. The minimum absolute atomic E-state index is 0.0445. The highest BCUT2D eigenvalue weighted by Gasteiger charge is 2.28. The standard InChI is InChI=1S/C13H25NO2/c1-10(13(15)16-4)11(2)14(3)12-8-6-5-7-9-12/h10-12H,5-9H2,1-4H3. The van der Waals surface area contributed by atoms with Crippen molar-refractivity contribution in [1.82, 2.24) is 4.90 Å². The Balaban J connectivity index is 2.51. The van der Waals surface area contributed by atoms with Crippen molar-refractivity contribution in [2.75, 3.05) is 14.2 Å². The van der Waals surface area contributed by atoms with Crippen LogP contribution in [0.5, 0.6) is 0 Å². The lowest BCUT2D eigenvalue weighted by Gasteiger charge is -2.37. The maximum atomic E-state index is 11.5. The minimum atomic E-state index is -0.102. The fourth-order valence-corrected chi connectivity index (χ4v) is 2.56. The molecule has 0 heterocycles. The molecule has 1 saturated carbocycles. The van der Waals surface area contributed by atoms with Crippen molar-refractivity contribution < 1.29 is 9.53 Å². The largest absolute Gasteiger partial charge is 0.469 e. The third kappa shape index (κ3) is 3.21. The Morgan fingerprint density at radius 2 is 1.81 bits per heavy atom. The van der Waals surface area contributed by atoms with Crippen molar-refractivity contribution >= 4 is 5.97 Å². The van der Waals surface area contributed by atoms with E-state index >= 15 is 0 Å². The van der Waals surface area contributed by atoms with E-state index in [1.807, 2.05) is 6.92 Å². The molecule has 1 rings (SSSR count). The Bertz CT molecular complexity index is 224. The van der Waals surface area contributed by atoms with Crippen LogP contribution in [0, 0.1) is 5.92 Å². The molecule has 0 bridgehead atoms. The van der Waals surface area contributed by atoms with Gasteiger partial charge in [0.1, 0.15) is 0 Å². The molecule has 3 heteroatoms. The summed E-state index contributed by atoms with van der Waals surface area (Å²) in [6.45, 7) is 4.08. The van der Waals surface area contributed by atoms with E-state index in [1.54, 1.807) is 0 Å². The molecule has 0 saturated heterocycles. The molecule has 0 N–H and O–H groups in total. The molecule has 94 valence electrons. The quantitative estimate of drug-likeness (QED) is 0.691. The summed E-state index contributed by atoms with van der Waals surface area (Å²) in [6, 6.07) is 0.909. The highest BCUT2D eigenvalue weighted by atomic mass is 16.5. The van der Waals surface area contributed by atoms with Crippen LogP contribution < -0.4 is 0 Å². The van der Waals surface area contributed by atoms with Crippen molar-refractivity contribution in [1.29, 1.82) is 0 Å². The molecule has 0 spiro atoms. The lowest BCUT2D eigenvalue weighted by molar-refractivity contribution is -0.147. The zero-order valence-corrected chi connectivity index (χ0v) is 11.0. The number of carbonyl (C=O) groups excluding carboxylic acids is 1. The van der Waals surface area contributed by atoms with Gasteiger partial charge in [-0.3, -0.25) is 9.69 Å². The summed E-state index contributed by atoms with van der Waals surface area (Å²) < 4.78 is 4.81. The lowest BCUT2D eigenvalue weighted by Crippen LogP contribution is -2.45. The maximum Gasteiger partial charge on any atom is 0.309 e. The summed E-state index contributed by atoms with van der Waals surface area (Å²) in [5, 5.41) is 0. The fourth-order valence-electron chi connectivity index (χ4n) is 2.56. The van der Waals surface area contributed by atoms with Gasteiger partial charge in [-0.15, -0.1) is 0 Å². The molecule has 1 fully saturated rings. The summed E-state index contributed by atoms with van der Waals surface area (Å²) in [6.07, 6.45) is 6.57. The van der Waals surface area contributed by atoms with Crippen LogP contribution in [-0.4, -0.2) is 37.1 Å². The summed E-state index contributed by atoms with van der Waals surface area (Å²) >= 11 is 0. The third-order valence-electron chi connectivity index (χ3n) is 4.09.